The molecule has 0 amide bonds. The molecule has 0 unspecified atom stereocenters. The Morgan fingerprint density at radius 2 is 1.42 bits per heavy atom. The van der Waals surface area contributed by atoms with E-state index in [9.17, 15) is 0 Å². The second-order valence-electron chi connectivity index (χ2n) is 6.95. The van der Waals surface area contributed by atoms with Crippen LogP contribution in [0.5, 0.6) is 0 Å². The highest BCUT2D eigenvalue weighted by atomic mass is 79.9. The van der Waals surface area contributed by atoms with Gasteiger partial charge in [-0.2, -0.15) is 0 Å². The van der Waals surface area contributed by atoms with Crippen molar-refractivity contribution in [3.8, 4) is 9.75 Å². The van der Waals surface area contributed by atoms with Crippen molar-refractivity contribution in [3.05, 3.63) is 22.7 Å². The van der Waals surface area contributed by atoms with Gasteiger partial charge in [0, 0.05) is 9.35 Å². The van der Waals surface area contributed by atoms with Crippen LogP contribution in [-0.2, 0) is 0 Å². The van der Waals surface area contributed by atoms with E-state index in [0.29, 0.717) is 0 Å². The zero-order valence-electron chi connectivity index (χ0n) is 12.4. The third kappa shape index (κ3) is 3.50. The van der Waals surface area contributed by atoms with E-state index in [1.165, 1.54) is 14.2 Å². The maximum absolute atomic E-state index is 3.76. The largest absolute Gasteiger partial charge is 0.144 e. The van der Waals surface area contributed by atoms with Crippen LogP contribution in [0.1, 0.15) is 0 Å². The maximum Gasteiger partial charge on any atom is 0.0904 e. The summed E-state index contributed by atoms with van der Waals surface area (Å²) < 4.78 is 4.45. The lowest BCUT2D eigenvalue weighted by Gasteiger charge is -2.12. The molecule has 5 heteroatoms. The summed E-state index contributed by atoms with van der Waals surface area (Å²) in [5, 5.41) is 0. The van der Waals surface area contributed by atoms with Crippen LogP contribution in [0, 0.1) is 0 Å². The topological polar surface area (TPSA) is 0 Å². The Morgan fingerprint density at radius 1 is 0.842 bits per heavy atom. The third-order valence-corrected chi connectivity index (χ3v) is 13.5. The Bertz CT molecular complexity index is 585. The molecule has 19 heavy (non-hydrogen) atoms. The molecule has 0 spiro atoms. The minimum atomic E-state index is -1.20. The molecule has 0 atom stereocenters. The van der Waals surface area contributed by atoms with Crippen molar-refractivity contribution in [1.82, 2.24) is 0 Å². The van der Waals surface area contributed by atoms with Gasteiger partial charge in [-0.25, -0.2) is 0 Å². The predicted octanol–water partition coefficient (Wildman–Crippen LogP) is 5.33. The lowest BCUT2D eigenvalue weighted by Crippen LogP contribution is -2.34. The van der Waals surface area contributed by atoms with Gasteiger partial charge in [-0.3, -0.25) is 0 Å². The normalized spacial score (nSPS) is 13.0. The summed E-state index contributed by atoms with van der Waals surface area (Å²) in [5.41, 5.74) is 0. The molecule has 0 nitrogen and oxygen atoms in total. The van der Waals surface area contributed by atoms with Gasteiger partial charge in [0.25, 0.3) is 0 Å². The molecule has 104 valence electrons. The molecule has 0 N–H and O–H groups in total. The minimum absolute atomic E-state index is 1.18. The molecule has 0 saturated carbocycles. The van der Waals surface area contributed by atoms with Gasteiger partial charge in [-0.05, 0) is 37.1 Å². The van der Waals surface area contributed by atoms with Crippen LogP contribution >= 0.6 is 38.6 Å². The van der Waals surface area contributed by atoms with Gasteiger partial charge < -0.3 is 0 Å². The molecule has 0 aromatic carbocycles. The van der Waals surface area contributed by atoms with Crippen molar-refractivity contribution < 1.29 is 0 Å². The maximum atomic E-state index is 3.76. The van der Waals surface area contributed by atoms with Crippen molar-refractivity contribution in [2.75, 3.05) is 0 Å². The van der Waals surface area contributed by atoms with Crippen molar-refractivity contribution in [3.63, 3.8) is 0 Å². The lowest BCUT2D eigenvalue weighted by molar-refractivity contribution is 1.77. The number of rotatable bonds is 3. The molecular formula is C14H21BrS2Si2. The quantitative estimate of drug-likeness (QED) is 0.623. The zero-order chi connectivity index (χ0) is 14.4. The van der Waals surface area contributed by atoms with Gasteiger partial charge in [0.2, 0.25) is 0 Å². The van der Waals surface area contributed by atoms with Crippen molar-refractivity contribution in [2.45, 2.75) is 39.3 Å². The summed E-state index contributed by atoms with van der Waals surface area (Å²) in [7, 11) is -2.38. The second-order valence-corrected chi connectivity index (χ2v) is 20.7. The Morgan fingerprint density at radius 3 is 1.84 bits per heavy atom. The van der Waals surface area contributed by atoms with E-state index in [4.69, 9.17) is 0 Å². The molecule has 0 radical (unpaired) electrons. The van der Waals surface area contributed by atoms with Crippen LogP contribution < -0.4 is 9.00 Å². The molecule has 0 aliphatic heterocycles. The average Bonchev–Trinajstić information content (AvgIpc) is 2.80. The summed E-state index contributed by atoms with van der Waals surface area (Å²) in [6, 6.07) is 7.00. The first kappa shape index (κ1) is 15.7. The highest BCUT2D eigenvalue weighted by Gasteiger charge is 2.23. The summed E-state index contributed by atoms with van der Waals surface area (Å²) in [6.07, 6.45) is 0. The molecule has 0 saturated heterocycles. The summed E-state index contributed by atoms with van der Waals surface area (Å²) in [4.78, 5) is 2.85. The van der Waals surface area contributed by atoms with Crippen LogP contribution in [0.15, 0.2) is 22.7 Å². The van der Waals surface area contributed by atoms with Gasteiger partial charge in [0.05, 0.1) is 21.0 Å². The highest BCUT2D eigenvalue weighted by Crippen LogP contribution is 2.36. The smallest absolute Gasteiger partial charge is 0.0904 e. The van der Waals surface area contributed by atoms with Crippen molar-refractivity contribution in [2.24, 2.45) is 0 Å². The van der Waals surface area contributed by atoms with Gasteiger partial charge in [-0.1, -0.05) is 45.3 Å². The molecular weight excluding hydrogens is 368 g/mol. The van der Waals surface area contributed by atoms with Gasteiger partial charge in [-0.15, -0.1) is 22.7 Å². The number of halogens is 1. The van der Waals surface area contributed by atoms with E-state index in [2.05, 4.69) is 73.4 Å². The first-order valence-corrected chi connectivity index (χ1v) is 15.9. The number of hydrogen-bond acceptors (Lipinski definition) is 2. The Kier molecular flexibility index (Phi) is 4.34. The van der Waals surface area contributed by atoms with E-state index < -0.39 is 16.1 Å². The zero-order valence-corrected chi connectivity index (χ0v) is 17.6. The van der Waals surface area contributed by atoms with Crippen LogP contribution in [0.4, 0.5) is 0 Å². The van der Waals surface area contributed by atoms with Crippen LogP contribution in [0.25, 0.3) is 9.75 Å². The number of thiophene rings is 2. The fourth-order valence-electron chi connectivity index (χ4n) is 1.77. The van der Waals surface area contributed by atoms with E-state index >= 15 is 0 Å². The predicted molar refractivity (Wildman–Crippen MR) is 101 cm³/mol. The molecule has 2 heterocycles. The minimum Gasteiger partial charge on any atom is -0.144 e. The Hall–Kier alpha value is 0.314. The standard InChI is InChI=1S/C14H21BrS2Si2/c1-18(2,3)12-8-7-11(16-12)14-10(15)9-13(17-14)19(4,5)6/h7-9H,1-6H3. The third-order valence-electron chi connectivity index (χ3n) is 2.99. The van der Waals surface area contributed by atoms with Crippen LogP contribution in [-0.4, -0.2) is 16.1 Å². The van der Waals surface area contributed by atoms with Crippen molar-refractivity contribution in [1.29, 1.82) is 0 Å². The molecule has 0 fully saturated rings. The average molecular weight is 390 g/mol. The van der Waals surface area contributed by atoms with E-state index in [0.717, 1.165) is 0 Å². The van der Waals surface area contributed by atoms with Crippen LogP contribution in [0.2, 0.25) is 39.3 Å². The molecule has 2 rings (SSSR count). The van der Waals surface area contributed by atoms with E-state index in [-0.39, 0.29) is 0 Å². The molecule has 0 bridgehead atoms. The highest BCUT2D eigenvalue weighted by molar-refractivity contribution is 9.10. The first-order chi connectivity index (χ1) is 8.59. The monoisotopic (exact) mass is 388 g/mol. The SMILES string of the molecule is C[Si](C)(C)c1ccc(-c2sc([Si](C)(C)C)cc2Br)s1. The fourth-order valence-corrected chi connectivity index (χ4v) is 8.88. The summed E-state index contributed by atoms with van der Waals surface area (Å²) >= 11 is 7.73. The molecule has 2 aromatic heterocycles. The summed E-state index contributed by atoms with van der Waals surface area (Å²) in [6.45, 7) is 14.5. The first-order valence-electron chi connectivity index (χ1n) is 6.49. The Labute approximate surface area is 135 Å². The van der Waals surface area contributed by atoms with Gasteiger partial charge in [0.15, 0.2) is 0 Å². The van der Waals surface area contributed by atoms with Crippen LogP contribution in [0.3, 0.4) is 0 Å². The second kappa shape index (κ2) is 5.26. The Balaban J connectivity index is 2.43. The number of hydrogen-bond donors (Lipinski definition) is 0. The molecule has 0 aliphatic carbocycles. The fraction of sp³-hybridized carbons (Fsp3) is 0.429. The van der Waals surface area contributed by atoms with E-state index in [1.54, 1.807) is 9.00 Å². The van der Waals surface area contributed by atoms with Gasteiger partial charge in [0.1, 0.15) is 0 Å². The molecule has 2 aromatic rings. The van der Waals surface area contributed by atoms with E-state index in [1.807, 2.05) is 22.7 Å². The van der Waals surface area contributed by atoms with Crippen molar-refractivity contribution >= 4 is 63.8 Å². The molecule has 0 aliphatic rings. The summed E-state index contributed by atoms with van der Waals surface area (Å²) in [5.74, 6) is 0. The van der Waals surface area contributed by atoms with Gasteiger partial charge >= 0.3 is 0 Å². The lowest BCUT2D eigenvalue weighted by atomic mass is 10.4.